The summed E-state index contributed by atoms with van der Waals surface area (Å²) in [6.45, 7) is 7.07. The highest BCUT2D eigenvalue weighted by Crippen LogP contribution is 2.18. The lowest BCUT2D eigenvalue weighted by atomic mass is 10.1. The van der Waals surface area contributed by atoms with Crippen LogP contribution in [0.1, 0.15) is 58.8 Å². The molecular weight excluding hydrogens is 298 g/mol. The third-order valence-electron chi connectivity index (χ3n) is 4.92. The van der Waals surface area contributed by atoms with Gasteiger partial charge in [0.15, 0.2) is 0 Å². The van der Waals surface area contributed by atoms with E-state index in [2.05, 4.69) is 41.5 Å². The van der Waals surface area contributed by atoms with Crippen molar-refractivity contribution in [1.29, 1.82) is 0 Å². The fraction of sp³-hybridized carbons (Fsp3) is 0.650. The largest absolute Gasteiger partial charge is 0.372 e. The van der Waals surface area contributed by atoms with Crippen LogP contribution in [-0.4, -0.2) is 31.6 Å². The predicted molar refractivity (Wildman–Crippen MR) is 103 cm³/mol. The van der Waals surface area contributed by atoms with Crippen LogP contribution >= 0.6 is 0 Å². The molecule has 1 aliphatic rings. The van der Waals surface area contributed by atoms with Crippen LogP contribution in [0.4, 0.5) is 11.4 Å². The second-order valence-corrected chi connectivity index (χ2v) is 6.66. The van der Waals surface area contributed by atoms with Crippen molar-refractivity contribution in [3.05, 3.63) is 24.3 Å². The predicted octanol–water partition coefficient (Wildman–Crippen LogP) is 4.17. The molecule has 0 heterocycles. The zero-order chi connectivity index (χ0) is 17.2. The molecule has 0 saturated heterocycles. The molecule has 0 atom stereocenters. The first-order chi connectivity index (χ1) is 11.7. The van der Waals surface area contributed by atoms with Gasteiger partial charge in [-0.05, 0) is 51.0 Å². The van der Waals surface area contributed by atoms with Crippen molar-refractivity contribution in [1.82, 2.24) is 5.32 Å². The van der Waals surface area contributed by atoms with E-state index >= 15 is 0 Å². The number of hydrogen-bond acceptors (Lipinski definition) is 3. The maximum absolute atomic E-state index is 12.1. The van der Waals surface area contributed by atoms with Crippen molar-refractivity contribution in [2.45, 2.75) is 64.8 Å². The fourth-order valence-corrected chi connectivity index (χ4v) is 3.44. The minimum Gasteiger partial charge on any atom is -0.372 e. The SMILES string of the molecule is CCN(CC)c1ccc(NC(=O)CCNC2CCCCCC2)cc1. The third kappa shape index (κ3) is 6.16. The molecule has 4 nitrogen and oxygen atoms in total. The Hall–Kier alpha value is -1.55. The second-order valence-electron chi connectivity index (χ2n) is 6.66. The molecule has 0 bridgehead atoms. The Morgan fingerprint density at radius 1 is 1.04 bits per heavy atom. The van der Waals surface area contributed by atoms with E-state index < -0.39 is 0 Å². The third-order valence-corrected chi connectivity index (χ3v) is 4.92. The zero-order valence-electron chi connectivity index (χ0n) is 15.3. The van der Waals surface area contributed by atoms with Gasteiger partial charge in [-0.15, -0.1) is 0 Å². The molecule has 24 heavy (non-hydrogen) atoms. The number of amides is 1. The van der Waals surface area contributed by atoms with Crippen LogP contribution in [0.2, 0.25) is 0 Å². The fourth-order valence-electron chi connectivity index (χ4n) is 3.44. The number of rotatable bonds is 8. The van der Waals surface area contributed by atoms with Gasteiger partial charge in [-0.2, -0.15) is 0 Å². The maximum Gasteiger partial charge on any atom is 0.225 e. The van der Waals surface area contributed by atoms with Gasteiger partial charge in [0.2, 0.25) is 5.91 Å². The molecule has 0 aliphatic heterocycles. The Balaban J connectivity index is 1.71. The Kier molecular flexibility index (Phi) is 8.10. The Morgan fingerprint density at radius 3 is 2.25 bits per heavy atom. The average Bonchev–Trinajstić information content (AvgIpc) is 2.86. The molecule has 0 unspecified atom stereocenters. The molecule has 0 aromatic heterocycles. The lowest BCUT2D eigenvalue weighted by Crippen LogP contribution is -2.31. The first-order valence-electron chi connectivity index (χ1n) is 9.61. The number of carbonyl (C=O) groups excluding carboxylic acids is 1. The minimum atomic E-state index is 0.0895. The monoisotopic (exact) mass is 331 g/mol. The van der Waals surface area contributed by atoms with Crippen LogP contribution in [0, 0.1) is 0 Å². The number of nitrogens with zero attached hydrogens (tertiary/aromatic N) is 1. The van der Waals surface area contributed by atoms with Crippen LogP contribution in [0.15, 0.2) is 24.3 Å². The summed E-state index contributed by atoms with van der Waals surface area (Å²) in [6, 6.07) is 8.74. The number of nitrogens with one attached hydrogen (secondary N) is 2. The van der Waals surface area contributed by atoms with Gasteiger partial charge in [0.1, 0.15) is 0 Å². The molecule has 1 aromatic carbocycles. The molecule has 1 saturated carbocycles. The van der Waals surface area contributed by atoms with Gasteiger partial charge < -0.3 is 15.5 Å². The van der Waals surface area contributed by atoms with E-state index in [0.717, 1.165) is 25.3 Å². The van der Waals surface area contributed by atoms with Crippen LogP contribution < -0.4 is 15.5 Å². The number of benzene rings is 1. The molecule has 0 radical (unpaired) electrons. The van der Waals surface area contributed by atoms with Crippen molar-refractivity contribution in [3.8, 4) is 0 Å². The highest BCUT2D eigenvalue weighted by molar-refractivity contribution is 5.91. The van der Waals surface area contributed by atoms with Crippen LogP contribution in [0.5, 0.6) is 0 Å². The number of carbonyl (C=O) groups is 1. The van der Waals surface area contributed by atoms with Gasteiger partial charge in [0, 0.05) is 43.5 Å². The molecule has 0 spiro atoms. The number of hydrogen-bond donors (Lipinski definition) is 2. The van der Waals surface area contributed by atoms with E-state index in [1.165, 1.54) is 44.2 Å². The van der Waals surface area contributed by atoms with E-state index in [9.17, 15) is 4.79 Å². The van der Waals surface area contributed by atoms with E-state index in [-0.39, 0.29) is 5.91 Å². The van der Waals surface area contributed by atoms with Crippen molar-refractivity contribution in [2.24, 2.45) is 0 Å². The normalized spacial score (nSPS) is 15.8. The Morgan fingerprint density at radius 2 is 1.67 bits per heavy atom. The summed E-state index contributed by atoms with van der Waals surface area (Å²) < 4.78 is 0. The summed E-state index contributed by atoms with van der Waals surface area (Å²) in [5, 5.41) is 6.55. The zero-order valence-corrected chi connectivity index (χ0v) is 15.3. The summed E-state index contributed by atoms with van der Waals surface area (Å²) in [4.78, 5) is 14.4. The van der Waals surface area contributed by atoms with E-state index in [1.807, 2.05) is 12.1 Å². The topological polar surface area (TPSA) is 44.4 Å². The van der Waals surface area contributed by atoms with Crippen molar-refractivity contribution >= 4 is 17.3 Å². The van der Waals surface area contributed by atoms with Gasteiger partial charge >= 0.3 is 0 Å². The van der Waals surface area contributed by atoms with Crippen LogP contribution in [0.25, 0.3) is 0 Å². The molecule has 1 aliphatic carbocycles. The van der Waals surface area contributed by atoms with Crippen molar-refractivity contribution in [3.63, 3.8) is 0 Å². The molecular formula is C20H33N3O. The highest BCUT2D eigenvalue weighted by Gasteiger charge is 2.12. The maximum atomic E-state index is 12.1. The number of anilines is 2. The molecule has 4 heteroatoms. The van der Waals surface area contributed by atoms with Crippen molar-refractivity contribution < 1.29 is 4.79 Å². The highest BCUT2D eigenvalue weighted by atomic mass is 16.1. The minimum absolute atomic E-state index is 0.0895. The summed E-state index contributed by atoms with van der Waals surface area (Å²) in [6.07, 6.45) is 8.42. The van der Waals surface area contributed by atoms with E-state index in [4.69, 9.17) is 0 Å². The lowest BCUT2D eigenvalue weighted by molar-refractivity contribution is -0.116. The van der Waals surface area contributed by atoms with Crippen LogP contribution in [0.3, 0.4) is 0 Å². The average molecular weight is 332 g/mol. The first kappa shape index (κ1) is 18.8. The van der Waals surface area contributed by atoms with Crippen LogP contribution in [-0.2, 0) is 4.79 Å². The summed E-state index contributed by atoms with van der Waals surface area (Å²) in [5.74, 6) is 0.0895. The Bertz CT molecular complexity index is 474. The first-order valence-corrected chi connectivity index (χ1v) is 9.61. The summed E-state index contributed by atoms with van der Waals surface area (Å²) in [5.41, 5.74) is 2.08. The van der Waals surface area contributed by atoms with Gasteiger partial charge in [-0.1, -0.05) is 25.7 Å². The summed E-state index contributed by atoms with van der Waals surface area (Å²) in [7, 11) is 0. The van der Waals surface area contributed by atoms with Gasteiger partial charge in [0.25, 0.3) is 0 Å². The van der Waals surface area contributed by atoms with E-state index in [1.54, 1.807) is 0 Å². The molecule has 1 aromatic rings. The smallest absolute Gasteiger partial charge is 0.225 e. The second kappa shape index (κ2) is 10.3. The van der Waals surface area contributed by atoms with Crippen molar-refractivity contribution in [2.75, 3.05) is 29.9 Å². The quantitative estimate of drug-likeness (QED) is 0.703. The standard InChI is InChI=1S/C20H33N3O/c1-3-23(4-2)19-13-11-18(12-14-19)22-20(24)15-16-21-17-9-7-5-6-8-10-17/h11-14,17,21H,3-10,15-16H2,1-2H3,(H,22,24). The Labute approximate surface area is 147 Å². The molecule has 2 N–H and O–H groups in total. The molecule has 2 rings (SSSR count). The van der Waals surface area contributed by atoms with E-state index in [0.29, 0.717) is 12.5 Å². The van der Waals surface area contributed by atoms with Gasteiger partial charge in [-0.3, -0.25) is 4.79 Å². The molecule has 1 fully saturated rings. The summed E-state index contributed by atoms with van der Waals surface area (Å²) >= 11 is 0. The molecule has 134 valence electrons. The van der Waals surface area contributed by atoms with Gasteiger partial charge in [-0.25, -0.2) is 0 Å². The molecule has 1 amide bonds. The lowest BCUT2D eigenvalue weighted by Gasteiger charge is -2.21. The van der Waals surface area contributed by atoms with Gasteiger partial charge in [0.05, 0.1) is 0 Å².